The number of nitrogens with zero attached hydrogens (tertiary/aromatic N) is 3. The molecule has 0 N–H and O–H groups in total. The summed E-state index contributed by atoms with van der Waals surface area (Å²) in [6.07, 6.45) is 3.62. The number of anilines is 1. The van der Waals surface area contributed by atoms with Gasteiger partial charge in [-0.3, -0.25) is 4.99 Å². The van der Waals surface area contributed by atoms with Gasteiger partial charge in [0.15, 0.2) is 0 Å². The maximum atomic E-state index is 14.6. The largest absolute Gasteiger partial charge is 0.323 e. The van der Waals surface area contributed by atoms with E-state index in [0.717, 1.165) is 0 Å². The smallest absolute Gasteiger partial charge is 0.135 e. The highest BCUT2D eigenvalue weighted by molar-refractivity contribution is 9.10. The van der Waals surface area contributed by atoms with E-state index in [1.54, 1.807) is 6.20 Å². The maximum absolute atomic E-state index is 14.6. The van der Waals surface area contributed by atoms with Crippen LogP contribution in [0.15, 0.2) is 57.1 Å². The van der Waals surface area contributed by atoms with Crippen molar-refractivity contribution < 1.29 is 8.78 Å². The van der Waals surface area contributed by atoms with Crippen molar-refractivity contribution in [3.63, 3.8) is 0 Å². The van der Waals surface area contributed by atoms with Crippen LogP contribution in [0.25, 0.3) is 0 Å². The summed E-state index contributed by atoms with van der Waals surface area (Å²) >= 11 is 9.96. The third kappa shape index (κ3) is 2.68. The lowest BCUT2D eigenvalue weighted by Crippen LogP contribution is -2.38. The monoisotopic (exact) mass is 435 g/mol. The van der Waals surface area contributed by atoms with E-state index in [9.17, 15) is 8.78 Å². The van der Waals surface area contributed by atoms with E-state index in [0.29, 0.717) is 33.1 Å². The zero-order valence-electron chi connectivity index (χ0n) is 13.7. The van der Waals surface area contributed by atoms with Gasteiger partial charge in [-0.25, -0.2) is 13.8 Å². The Morgan fingerprint density at radius 3 is 2.62 bits per heavy atom. The first kappa shape index (κ1) is 17.4. The molecule has 0 aromatic heterocycles. The standard InChI is InChI=1S/C19H13BrClF2N3/c1-10-19-24-8-3-9-26(19)14-7-6-11(20)17(21)16(14)18(25-10)15-12(22)4-2-5-13(15)23/h2-8,10H,9H2,1H3/t10-/m0/s1. The first-order chi connectivity index (χ1) is 12.5. The SMILES string of the molecule is C[C@@H]1N=C(c2c(F)cccc2F)c2c(ccc(Br)c2Cl)N2CC=CN=C12. The minimum Gasteiger partial charge on any atom is -0.323 e. The van der Waals surface area contributed by atoms with E-state index in [1.165, 1.54) is 18.2 Å². The molecule has 0 saturated carbocycles. The van der Waals surface area contributed by atoms with Crippen LogP contribution in [0, 0.1) is 11.6 Å². The predicted molar refractivity (Wildman–Crippen MR) is 105 cm³/mol. The van der Waals surface area contributed by atoms with E-state index >= 15 is 0 Å². The fourth-order valence-electron chi connectivity index (χ4n) is 3.22. The Kier molecular flexibility index (Phi) is 4.40. The molecular formula is C19H13BrClF2N3. The molecular weight excluding hydrogens is 424 g/mol. The molecule has 7 heteroatoms. The Balaban J connectivity index is 2.08. The van der Waals surface area contributed by atoms with Gasteiger partial charge in [-0.05, 0) is 53.2 Å². The van der Waals surface area contributed by atoms with Crippen LogP contribution in [-0.2, 0) is 0 Å². The van der Waals surface area contributed by atoms with Crippen molar-refractivity contribution in [3.8, 4) is 0 Å². The lowest BCUT2D eigenvalue weighted by atomic mass is 9.99. The number of hydrogen-bond donors (Lipinski definition) is 0. The average Bonchev–Trinajstić information content (AvgIpc) is 2.74. The number of aliphatic imine (C=N–C) groups is 2. The molecule has 0 bridgehead atoms. The second-order valence-electron chi connectivity index (χ2n) is 5.99. The minimum atomic E-state index is -0.683. The van der Waals surface area contributed by atoms with Gasteiger partial charge in [0.05, 0.1) is 22.0 Å². The van der Waals surface area contributed by atoms with Crippen LogP contribution in [0.5, 0.6) is 0 Å². The summed E-state index contributed by atoms with van der Waals surface area (Å²) in [6.45, 7) is 2.43. The van der Waals surface area contributed by atoms with Crippen LogP contribution in [0.2, 0.25) is 5.02 Å². The van der Waals surface area contributed by atoms with Crippen molar-refractivity contribution in [1.82, 2.24) is 0 Å². The van der Waals surface area contributed by atoms with Crippen LogP contribution < -0.4 is 4.90 Å². The molecule has 4 rings (SSSR count). The number of amidine groups is 1. The van der Waals surface area contributed by atoms with Crippen LogP contribution in [0.1, 0.15) is 18.1 Å². The third-order valence-corrected chi connectivity index (χ3v) is 5.65. The molecule has 2 aliphatic heterocycles. The Hall–Kier alpha value is -2.05. The summed E-state index contributed by atoms with van der Waals surface area (Å²) in [7, 11) is 0. The first-order valence-electron chi connectivity index (χ1n) is 8.00. The Bertz CT molecular complexity index is 980. The van der Waals surface area contributed by atoms with Gasteiger partial charge >= 0.3 is 0 Å². The lowest BCUT2D eigenvalue weighted by molar-refractivity contribution is 0.579. The zero-order valence-corrected chi connectivity index (χ0v) is 16.0. The van der Waals surface area contributed by atoms with Crippen molar-refractivity contribution >= 4 is 44.8 Å². The number of halogens is 4. The quantitative estimate of drug-likeness (QED) is 0.592. The normalized spacial score (nSPS) is 18.7. The van der Waals surface area contributed by atoms with Gasteiger partial charge in [0, 0.05) is 22.8 Å². The molecule has 0 saturated heterocycles. The molecule has 0 amide bonds. The van der Waals surface area contributed by atoms with E-state index in [4.69, 9.17) is 11.6 Å². The highest BCUT2D eigenvalue weighted by Gasteiger charge is 2.32. The van der Waals surface area contributed by atoms with Crippen LogP contribution in [-0.4, -0.2) is 24.1 Å². The molecule has 2 heterocycles. The topological polar surface area (TPSA) is 28.0 Å². The van der Waals surface area contributed by atoms with E-state index in [-0.39, 0.29) is 11.3 Å². The summed E-state index contributed by atoms with van der Waals surface area (Å²) in [5.41, 5.74) is 1.20. The van der Waals surface area contributed by atoms with Gasteiger partial charge < -0.3 is 4.90 Å². The third-order valence-electron chi connectivity index (χ3n) is 4.37. The molecule has 0 unspecified atom stereocenters. The molecule has 2 aromatic rings. The van der Waals surface area contributed by atoms with Gasteiger partial charge in [-0.2, -0.15) is 0 Å². The molecule has 0 radical (unpaired) electrons. The molecule has 0 aliphatic carbocycles. The molecule has 132 valence electrons. The fourth-order valence-corrected chi connectivity index (χ4v) is 3.80. The summed E-state index contributed by atoms with van der Waals surface area (Å²) in [4.78, 5) is 11.0. The average molecular weight is 437 g/mol. The van der Waals surface area contributed by atoms with E-state index in [2.05, 4.69) is 25.9 Å². The van der Waals surface area contributed by atoms with Crippen molar-refractivity contribution in [2.45, 2.75) is 13.0 Å². The van der Waals surface area contributed by atoms with Gasteiger partial charge in [-0.1, -0.05) is 17.7 Å². The summed E-state index contributed by atoms with van der Waals surface area (Å²) in [5, 5.41) is 0.354. The Morgan fingerprint density at radius 2 is 1.88 bits per heavy atom. The molecule has 26 heavy (non-hydrogen) atoms. The van der Waals surface area contributed by atoms with Crippen molar-refractivity contribution in [2.75, 3.05) is 11.4 Å². The molecule has 2 aliphatic rings. The molecule has 2 aromatic carbocycles. The minimum absolute atomic E-state index is 0.186. The van der Waals surface area contributed by atoms with Crippen molar-refractivity contribution in [2.24, 2.45) is 9.98 Å². The van der Waals surface area contributed by atoms with Gasteiger partial charge in [0.1, 0.15) is 23.5 Å². The molecule has 0 spiro atoms. The van der Waals surface area contributed by atoms with Crippen molar-refractivity contribution in [3.05, 3.63) is 74.9 Å². The fraction of sp³-hybridized carbons (Fsp3) is 0.158. The molecule has 3 nitrogen and oxygen atoms in total. The summed E-state index contributed by atoms with van der Waals surface area (Å²) in [5.74, 6) is -0.658. The maximum Gasteiger partial charge on any atom is 0.135 e. The number of rotatable bonds is 1. The Morgan fingerprint density at radius 1 is 1.15 bits per heavy atom. The van der Waals surface area contributed by atoms with Gasteiger partial charge in [-0.15, -0.1) is 0 Å². The summed E-state index contributed by atoms with van der Waals surface area (Å²) < 4.78 is 29.7. The van der Waals surface area contributed by atoms with Crippen molar-refractivity contribution in [1.29, 1.82) is 0 Å². The van der Waals surface area contributed by atoms with Crippen LogP contribution in [0.3, 0.4) is 0 Å². The highest BCUT2D eigenvalue weighted by Crippen LogP contribution is 2.39. The molecule has 0 fully saturated rings. The second kappa shape index (κ2) is 6.59. The number of hydrogen-bond acceptors (Lipinski definition) is 3. The van der Waals surface area contributed by atoms with E-state index < -0.39 is 17.7 Å². The number of benzene rings is 2. The zero-order chi connectivity index (χ0) is 18.4. The number of fused-ring (bicyclic) bond motifs is 3. The van der Waals surface area contributed by atoms with Crippen LogP contribution in [0.4, 0.5) is 14.5 Å². The molecule has 1 atom stereocenters. The first-order valence-corrected chi connectivity index (χ1v) is 9.17. The lowest BCUT2D eigenvalue weighted by Gasteiger charge is -2.28. The van der Waals surface area contributed by atoms with E-state index in [1.807, 2.05) is 30.0 Å². The Labute approximate surface area is 162 Å². The predicted octanol–water partition coefficient (Wildman–Crippen LogP) is 5.35. The van der Waals surface area contributed by atoms with Crippen LogP contribution >= 0.6 is 27.5 Å². The second-order valence-corrected chi connectivity index (χ2v) is 7.22. The summed E-state index contributed by atoms with van der Waals surface area (Å²) in [6, 6.07) is 7.03. The van der Waals surface area contributed by atoms with Gasteiger partial charge in [0.25, 0.3) is 0 Å². The van der Waals surface area contributed by atoms with Gasteiger partial charge in [0.2, 0.25) is 0 Å². The highest BCUT2D eigenvalue weighted by atomic mass is 79.9.